The van der Waals surface area contributed by atoms with Crippen LogP contribution in [-0.2, 0) is 5.41 Å². The molecular weight excluding hydrogens is 451 g/mol. The quantitative estimate of drug-likeness (QED) is 0.477. The van der Waals surface area contributed by atoms with E-state index in [1.807, 2.05) is 6.92 Å². The van der Waals surface area contributed by atoms with Crippen LogP contribution in [0.25, 0.3) is 0 Å². The summed E-state index contributed by atoms with van der Waals surface area (Å²) in [6, 6.07) is 12.8. The Labute approximate surface area is 148 Å². The van der Waals surface area contributed by atoms with Crippen molar-refractivity contribution in [3.05, 3.63) is 72.9 Å². The van der Waals surface area contributed by atoms with Crippen LogP contribution in [0.5, 0.6) is 0 Å². The van der Waals surface area contributed by atoms with Gasteiger partial charge in [-0.25, -0.2) is 0 Å². The van der Waals surface area contributed by atoms with Gasteiger partial charge in [-0.1, -0.05) is 67.6 Å². The first-order chi connectivity index (χ1) is 9.62. The van der Waals surface area contributed by atoms with Crippen LogP contribution in [0.1, 0.15) is 32.3 Å². The van der Waals surface area contributed by atoms with E-state index in [4.69, 9.17) is 5.26 Å². The molecule has 1 nitrogen and oxygen atoms in total. The summed E-state index contributed by atoms with van der Waals surface area (Å²) in [6.45, 7) is 7.65. The summed E-state index contributed by atoms with van der Waals surface area (Å²) in [4.78, 5) is 0. The molecule has 2 heteroatoms. The van der Waals surface area contributed by atoms with Crippen LogP contribution in [0.15, 0.2) is 67.3 Å². The van der Waals surface area contributed by atoms with Crippen LogP contribution in [-0.4, -0.2) is 26.2 Å². The van der Waals surface area contributed by atoms with Gasteiger partial charge in [0.05, 0.1) is 6.07 Å². The molecule has 0 spiro atoms. The molecular formula is C19H26BiN. The minimum atomic E-state index is 0. The molecule has 0 amide bonds. The molecule has 0 aliphatic heterocycles. The SMILES string of the molecule is C=CCC(C)C#N.CC1(c2ccccc2)C=CC=CC1.[BiH3]. The molecule has 2 atom stereocenters. The minimum absolute atomic E-state index is 0. The Morgan fingerprint density at radius 3 is 2.43 bits per heavy atom. The van der Waals surface area contributed by atoms with E-state index in [-0.39, 0.29) is 37.5 Å². The van der Waals surface area contributed by atoms with Crippen molar-refractivity contribution in [1.29, 1.82) is 5.26 Å². The molecule has 21 heavy (non-hydrogen) atoms. The van der Waals surface area contributed by atoms with Crippen molar-refractivity contribution < 1.29 is 0 Å². The van der Waals surface area contributed by atoms with E-state index in [1.165, 1.54) is 5.56 Å². The fourth-order valence-electron chi connectivity index (χ4n) is 2.06. The number of hydrogen-bond donors (Lipinski definition) is 0. The predicted molar refractivity (Wildman–Crippen MR) is 96.2 cm³/mol. The number of rotatable bonds is 3. The van der Waals surface area contributed by atoms with Gasteiger partial charge in [-0.3, -0.25) is 0 Å². The van der Waals surface area contributed by atoms with Crippen molar-refractivity contribution in [3.8, 4) is 6.07 Å². The Morgan fingerprint density at radius 1 is 1.33 bits per heavy atom. The monoisotopic (exact) mass is 477 g/mol. The van der Waals surface area contributed by atoms with E-state index >= 15 is 0 Å². The molecule has 1 aromatic rings. The van der Waals surface area contributed by atoms with E-state index in [1.54, 1.807) is 6.08 Å². The molecule has 0 heterocycles. The molecule has 2 unspecified atom stereocenters. The van der Waals surface area contributed by atoms with Crippen molar-refractivity contribution in [2.24, 2.45) is 5.92 Å². The van der Waals surface area contributed by atoms with Gasteiger partial charge in [0.2, 0.25) is 0 Å². The van der Waals surface area contributed by atoms with Crippen LogP contribution in [0, 0.1) is 17.2 Å². The second kappa shape index (κ2) is 10.5. The molecule has 0 fully saturated rings. The fraction of sp³-hybridized carbons (Fsp3) is 0.316. The van der Waals surface area contributed by atoms with Gasteiger partial charge in [-0.2, -0.15) is 5.26 Å². The summed E-state index contributed by atoms with van der Waals surface area (Å²) in [5, 5.41) is 8.17. The zero-order chi connectivity index (χ0) is 14.8. The maximum atomic E-state index is 8.17. The van der Waals surface area contributed by atoms with Crippen molar-refractivity contribution in [3.63, 3.8) is 0 Å². The van der Waals surface area contributed by atoms with Crippen LogP contribution < -0.4 is 0 Å². The molecule has 1 aromatic carbocycles. The first-order valence-electron chi connectivity index (χ1n) is 7.03. The zero-order valence-corrected chi connectivity index (χ0v) is 18.6. The van der Waals surface area contributed by atoms with Gasteiger partial charge in [-0.15, -0.1) is 6.58 Å². The molecule has 1 aliphatic rings. The van der Waals surface area contributed by atoms with Crippen LogP contribution in [0.2, 0.25) is 0 Å². The van der Waals surface area contributed by atoms with Gasteiger partial charge in [0.1, 0.15) is 0 Å². The van der Waals surface area contributed by atoms with E-state index < -0.39 is 0 Å². The Hall–Kier alpha value is -1.19. The predicted octanol–water partition coefficient (Wildman–Crippen LogP) is 4.00. The van der Waals surface area contributed by atoms with Crippen molar-refractivity contribution >= 4 is 26.2 Å². The number of allylic oxidation sites excluding steroid dienone is 5. The summed E-state index contributed by atoms with van der Waals surface area (Å²) in [7, 11) is 0. The second-order valence-electron chi connectivity index (χ2n) is 5.33. The standard InChI is InChI=1S/C13H14.C6H9N.Bi.3H/c1-13(10-6-3-7-11-13)12-8-4-2-5-9-12;1-3-4-6(2)5-7;;;;/h2-10H,11H2,1H3;3,6H,1,4H2,2H3;;;;. The normalized spacial score (nSPS) is 20.2. The fourth-order valence-corrected chi connectivity index (χ4v) is 2.06. The molecule has 0 bridgehead atoms. The average molecular weight is 477 g/mol. The van der Waals surface area contributed by atoms with Gasteiger partial charge >= 0.3 is 26.2 Å². The average Bonchev–Trinajstić information content (AvgIpc) is 2.50. The molecule has 0 N–H and O–H groups in total. The van der Waals surface area contributed by atoms with Gasteiger partial charge in [0, 0.05) is 11.3 Å². The number of nitrogens with zero attached hydrogens (tertiary/aromatic N) is 1. The van der Waals surface area contributed by atoms with Crippen molar-refractivity contribution in [2.75, 3.05) is 0 Å². The van der Waals surface area contributed by atoms with Crippen LogP contribution in [0.3, 0.4) is 0 Å². The Morgan fingerprint density at radius 2 is 2.00 bits per heavy atom. The topological polar surface area (TPSA) is 23.8 Å². The van der Waals surface area contributed by atoms with Gasteiger partial charge in [0.25, 0.3) is 0 Å². The molecule has 2 rings (SSSR count). The van der Waals surface area contributed by atoms with Crippen LogP contribution in [0.4, 0.5) is 0 Å². The maximum absolute atomic E-state index is 8.17. The Kier molecular flexibility index (Phi) is 9.93. The van der Waals surface area contributed by atoms with Crippen molar-refractivity contribution in [2.45, 2.75) is 32.1 Å². The van der Waals surface area contributed by atoms with E-state index in [0.29, 0.717) is 0 Å². The third kappa shape index (κ3) is 6.87. The summed E-state index contributed by atoms with van der Waals surface area (Å²) in [6.07, 6.45) is 12.4. The number of hydrogen-bond acceptors (Lipinski definition) is 1. The number of nitriles is 1. The van der Waals surface area contributed by atoms with E-state index in [0.717, 1.165) is 12.8 Å². The van der Waals surface area contributed by atoms with Gasteiger partial charge in [0.15, 0.2) is 0 Å². The zero-order valence-electron chi connectivity index (χ0n) is 13.1. The van der Waals surface area contributed by atoms with E-state index in [9.17, 15) is 0 Å². The van der Waals surface area contributed by atoms with Crippen molar-refractivity contribution in [1.82, 2.24) is 0 Å². The molecule has 1 aliphatic carbocycles. The third-order valence-corrected chi connectivity index (χ3v) is 3.43. The Bertz CT molecular complexity index is 510. The van der Waals surface area contributed by atoms with Gasteiger partial charge < -0.3 is 0 Å². The molecule has 0 radical (unpaired) electrons. The van der Waals surface area contributed by atoms with Crippen LogP contribution >= 0.6 is 0 Å². The second-order valence-corrected chi connectivity index (χ2v) is 5.33. The summed E-state index contributed by atoms with van der Waals surface area (Å²) in [5.74, 6) is 0.137. The summed E-state index contributed by atoms with van der Waals surface area (Å²) in [5.41, 5.74) is 1.60. The molecule has 0 aromatic heterocycles. The van der Waals surface area contributed by atoms with Gasteiger partial charge in [-0.05, 0) is 25.3 Å². The summed E-state index contributed by atoms with van der Waals surface area (Å²) < 4.78 is 0. The third-order valence-electron chi connectivity index (χ3n) is 3.43. The first-order valence-corrected chi connectivity index (χ1v) is 7.03. The van der Waals surface area contributed by atoms with E-state index in [2.05, 4.69) is 74.2 Å². The molecule has 0 saturated heterocycles. The Balaban J connectivity index is 0.000000436. The first kappa shape index (κ1) is 19.8. The molecule has 0 saturated carbocycles. The molecule has 112 valence electrons. The number of benzene rings is 1. The summed E-state index contributed by atoms with van der Waals surface area (Å²) >= 11 is 0.